The van der Waals surface area contributed by atoms with Gasteiger partial charge in [0, 0.05) is 38.6 Å². The topological polar surface area (TPSA) is 47.3 Å². The summed E-state index contributed by atoms with van der Waals surface area (Å²) in [6.07, 6.45) is 1.71. The number of nitrogens with zero attached hydrogens (tertiary/aromatic N) is 3. The maximum Gasteiger partial charge on any atom is 0.222 e. The molecule has 15 heavy (non-hydrogen) atoms. The van der Waals surface area contributed by atoms with Crippen LogP contribution in [0.5, 0.6) is 0 Å². The molecule has 0 aliphatic carbocycles. The van der Waals surface area contributed by atoms with Crippen LogP contribution in [0.4, 0.5) is 0 Å². The Kier molecular flexibility index (Phi) is 2.92. The first-order chi connectivity index (χ1) is 7.20. The number of rotatable bonds is 2. The molecular weight excluding hydrogens is 190 g/mol. The summed E-state index contributed by atoms with van der Waals surface area (Å²) >= 11 is 0. The van der Waals surface area contributed by atoms with Crippen molar-refractivity contribution in [3.63, 3.8) is 0 Å². The first kappa shape index (κ1) is 10.4. The van der Waals surface area contributed by atoms with Gasteiger partial charge in [-0.2, -0.15) is 5.26 Å². The van der Waals surface area contributed by atoms with Crippen LogP contribution in [-0.2, 0) is 4.79 Å². The monoisotopic (exact) mass is 207 g/mol. The summed E-state index contributed by atoms with van der Waals surface area (Å²) in [6.45, 7) is 5.52. The molecule has 2 atom stereocenters. The number of hydrogen-bond donors (Lipinski definition) is 0. The molecule has 2 aliphatic heterocycles. The summed E-state index contributed by atoms with van der Waals surface area (Å²) in [6, 6.07) is 2.67. The van der Waals surface area contributed by atoms with Gasteiger partial charge < -0.3 is 4.90 Å². The van der Waals surface area contributed by atoms with E-state index in [1.54, 1.807) is 0 Å². The summed E-state index contributed by atoms with van der Waals surface area (Å²) in [4.78, 5) is 15.8. The van der Waals surface area contributed by atoms with Crippen LogP contribution in [0.25, 0.3) is 0 Å². The molecular formula is C11H17N3O. The first-order valence-corrected chi connectivity index (χ1v) is 5.62. The minimum absolute atomic E-state index is 0.0913. The number of carbonyl (C=O) groups is 1. The zero-order chi connectivity index (χ0) is 10.8. The lowest BCUT2D eigenvalue weighted by atomic mass is 10.1. The summed E-state index contributed by atoms with van der Waals surface area (Å²) in [7, 11) is 0. The molecule has 2 heterocycles. The van der Waals surface area contributed by atoms with Crippen LogP contribution in [0.1, 0.15) is 19.8 Å². The predicted octanol–water partition coefficient (Wildman–Crippen LogP) is 0.453. The van der Waals surface area contributed by atoms with Crippen LogP contribution < -0.4 is 0 Å². The second-order valence-corrected chi connectivity index (χ2v) is 4.57. The zero-order valence-corrected chi connectivity index (χ0v) is 9.15. The highest BCUT2D eigenvalue weighted by Gasteiger charge is 2.35. The van der Waals surface area contributed by atoms with E-state index in [1.807, 2.05) is 11.8 Å². The summed E-state index contributed by atoms with van der Waals surface area (Å²) in [5.41, 5.74) is 0. The third-order valence-corrected chi connectivity index (χ3v) is 3.33. The minimum Gasteiger partial charge on any atom is -0.337 e. The first-order valence-electron chi connectivity index (χ1n) is 5.62. The van der Waals surface area contributed by atoms with Gasteiger partial charge in [0.25, 0.3) is 0 Å². The van der Waals surface area contributed by atoms with Gasteiger partial charge in [0.05, 0.1) is 12.0 Å². The molecule has 0 aromatic heterocycles. The van der Waals surface area contributed by atoms with Gasteiger partial charge in [-0.05, 0) is 13.3 Å². The molecule has 2 saturated heterocycles. The van der Waals surface area contributed by atoms with Crippen molar-refractivity contribution in [1.82, 2.24) is 9.80 Å². The number of nitriles is 1. The van der Waals surface area contributed by atoms with Gasteiger partial charge in [-0.15, -0.1) is 0 Å². The number of piperazine rings is 1. The molecule has 0 aromatic carbocycles. The fraction of sp³-hybridized carbons (Fsp3) is 0.818. The van der Waals surface area contributed by atoms with Crippen molar-refractivity contribution in [1.29, 1.82) is 5.26 Å². The fourth-order valence-corrected chi connectivity index (χ4v) is 2.52. The van der Waals surface area contributed by atoms with Crippen LogP contribution in [0.15, 0.2) is 0 Å². The lowest BCUT2D eigenvalue weighted by Crippen LogP contribution is -2.52. The zero-order valence-electron chi connectivity index (χ0n) is 9.15. The van der Waals surface area contributed by atoms with Gasteiger partial charge >= 0.3 is 0 Å². The number of fused-ring (bicyclic) bond motifs is 1. The van der Waals surface area contributed by atoms with Gasteiger partial charge in [0.1, 0.15) is 0 Å². The van der Waals surface area contributed by atoms with Crippen molar-refractivity contribution in [2.75, 3.05) is 26.2 Å². The van der Waals surface area contributed by atoms with Gasteiger partial charge in [0.2, 0.25) is 5.91 Å². The summed E-state index contributed by atoms with van der Waals surface area (Å²) < 4.78 is 0. The van der Waals surface area contributed by atoms with Gasteiger partial charge in [-0.3, -0.25) is 9.69 Å². The molecule has 1 amide bonds. The molecule has 2 unspecified atom stereocenters. The number of amides is 1. The molecule has 0 bridgehead atoms. The maximum absolute atomic E-state index is 11.4. The average Bonchev–Trinajstić information content (AvgIpc) is 2.60. The van der Waals surface area contributed by atoms with E-state index in [1.165, 1.54) is 0 Å². The van der Waals surface area contributed by atoms with Crippen LogP contribution >= 0.6 is 0 Å². The van der Waals surface area contributed by atoms with E-state index in [2.05, 4.69) is 11.0 Å². The molecule has 82 valence electrons. The van der Waals surface area contributed by atoms with Crippen LogP contribution in [0.2, 0.25) is 0 Å². The largest absolute Gasteiger partial charge is 0.337 e. The van der Waals surface area contributed by atoms with E-state index in [0.29, 0.717) is 18.4 Å². The molecule has 0 aromatic rings. The van der Waals surface area contributed by atoms with Crippen molar-refractivity contribution in [2.24, 2.45) is 5.92 Å². The molecule has 2 aliphatic rings. The SMILES string of the molecule is CC(C#N)CN1CCN2C(=O)CCC2C1. The Morgan fingerprint density at radius 3 is 3.13 bits per heavy atom. The molecule has 0 radical (unpaired) electrons. The highest BCUT2D eigenvalue weighted by atomic mass is 16.2. The quantitative estimate of drug-likeness (QED) is 0.660. The van der Waals surface area contributed by atoms with Crippen molar-refractivity contribution in [3.8, 4) is 6.07 Å². The highest BCUT2D eigenvalue weighted by molar-refractivity contribution is 5.78. The molecule has 2 fully saturated rings. The molecule has 4 heteroatoms. The smallest absolute Gasteiger partial charge is 0.222 e. The Bertz CT molecular complexity index is 297. The van der Waals surface area contributed by atoms with E-state index in [4.69, 9.17) is 5.26 Å². The highest BCUT2D eigenvalue weighted by Crippen LogP contribution is 2.22. The Labute approximate surface area is 90.5 Å². The Morgan fingerprint density at radius 2 is 2.40 bits per heavy atom. The van der Waals surface area contributed by atoms with Gasteiger partial charge in [-0.25, -0.2) is 0 Å². The van der Waals surface area contributed by atoms with Crippen molar-refractivity contribution in [3.05, 3.63) is 0 Å². The van der Waals surface area contributed by atoms with E-state index < -0.39 is 0 Å². The van der Waals surface area contributed by atoms with E-state index in [-0.39, 0.29) is 5.92 Å². The van der Waals surface area contributed by atoms with E-state index in [0.717, 1.165) is 32.6 Å². The van der Waals surface area contributed by atoms with Crippen LogP contribution in [-0.4, -0.2) is 47.9 Å². The normalized spacial score (nSPS) is 28.7. The minimum atomic E-state index is 0.0913. The van der Waals surface area contributed by atoms with E-state index >= 15 is 0 Å². The molecule has 4 nitrogen and oxygen atoms in total. The summed E-state index contributed by atoms with van der Waals surface area (Å²) in [5, 5.41) is 8.75. The second-order valence-electron chi connectivity index (χ2n) is 4.57. The lowest BCUT2D eigenvalue weighted by Gasteiger charge is -2.37. The Hall–Kier alpha value is -1.08. The fourth-order valence-electron chi connectivity index (χ4n) is 2.52. The number of hydrogen-bond acceptors (Lipinski definition) is 3. The van der Waals surface area contributed by atoms with Crippen molar-refractivity contribution < 1.29 is 4.79 Å². The average molecular weight is 207 g/mol. The van der Waals surface area contributed by atoms with Gasteiger partial charge in [-0.1, -0.05) is 0 Å². The van der Waals surface area contributed by atoms with Crippen molar-refractivity contribution in [2.45, 2.75) is 25.8 Å². The standard InChI is InChI=1S/C11H17N3O/c1-9(6-12)7-13-4-5-14-10(8-13)2-3-11(14)15/h9-10H,2-5,7-8H2,1H3. The van der Waals surface area contributed by atoms with Crippen LogP contribution in [0, 0.1) is 17.2 Å². The Morgan fingerprint density at radius 1 is 1.60 bits per heavy atom. The second kappa shape index (κ2) is 4.19. The maximum atomic E-state index is 11.4. The molecule has 0 saturated carbocycles. The van der Waals surface area contributed by atoms with Crippen molar-refractivity contribution >= 4 is 5.91 Å². The Balaban J connectivity index is 1.88. The number of carbonyl (C=O) groups excluding carboxylic acids is 1. The predicted molar refractivity (Wildman–Crippen MR) is 56.0 cm³/mol. The molecule has 0 spiro atoms. The third kappa shape index (κ3) is 2.13. The third-order valence-electron chi connectivity index (χ3n) is 3.33. The molecule has 2 rings (SSSR count). The van der Waals surface area contributed by atoms with Gasteiger partial charge in [0.15, 0.2) is 0 Å². The lowest BCUT2D eigenvalue weighted by molar-refractivity contribution is -0.130. The van der Waals surface area contributed by atoms with E-state index in [9.17, 15) is 4.79 Å². The summed E-state index contributed by atoms with van der Waals surface area (Å²) in [5.74, 6) is 0.404. The van der Waals surface area contributed by atoms with Crippen LogP contribution in [0.3, 0.4) is 0 Å². The molecule has 0 N–H and O–H groups in total.